The van der Waals surface area contributed by atoms with E-state index in [-0.39, 0.29) is 0 Å². The fraction of sp³-hybridized carbons (Fsp3) is 0.706. The fourth-order valence-corrected chi connectivity index (χ4v) is 18.5. The molecular formula is C34H50Si. The Hall–Kier alpha value is -1.08. The van der Waals surface area contributed by atoms with Crippen LogP contribution in [-0.2, 0) is 0 Å². The van der Waals surface area contributed by atoms with Gasteiger partial charge in [0.15, 0.2) is 0 Å². The number of benzene rings is 2. The summed E-state index contributed by atoms with van der Waals surface area (Å²) in [5, 5.41) is 3.01. The van der Waals surface area contributed by atoms with E-state index < -0.39 is 8.07 Å². The van der Waals surface area contributed by atoms with Gasteiger partial charge in [-0.2, -0.15) is 0 Å². The van der Waals surface area contributed by atoms with Crippen LogP contribution >= 0.6 is 0 Å². The molecule has 6 rings (SSSR count). The summed E-state index contributed by atoms with van der Waals surface area (Å²) in [7, 11) is -1.45. The monoisotopic (exact) mass is 486 g/mol. The lowest BCUT2D eigenvalue weighted by atomic mass is 9.61. The Kier molecular flexibility index (Phi) is 6.06. The van der Waals surface area contributed by atoms with Gasteiger partial charge in [-0.1, -0.05) is 103 Å². The predicted molar refractivity (Wildman–Crippen MR) is 155 cm³/mol. The van der Waals surface area contributed by atoms with Gasteiger partial charge in [-0.25, -0.2) is 0 Å². The van der Waals surface area contributed by atoms with Crippen LogP contribution in [0, 0.1) is 53.3 Å². The standard InChI is InChI=1S/C34H50Si/c1-20-18-30-31(33(20)35(6,7)34-23(4)21(2)22(3)24(34)5)19-26-14-11-16-28(26)32(30)29-17-10-13-25-12-8-9-15-27(25)29/h8-10,12-13,15,17,20-24,26,28,30-34H,11,14,16,18-19H2,1-7H3. The Morgan fingerprint density at radius 2 is 1.34 bits per heavy atom. The molecule has 0 nitrogen and oxygen atoms in total. The van der Waals surface area contributed by atoms with Crippen LogP contribution in [0.25, 0.3) is 10.8 Å². The molecular weight excluding hydrogens is 436 g/mol. The van der Waals surface area contributed by atoms with Crippen molar-refractivity contribution in [3.63, 3.8) is 0 Å². The van der Waals surface area contributed by atoms with E-state index in [1.54, 1.807) is 17.4 Å². The van der Waals surface area contributed by atoms with Crippen molar-refractivity contribution >= 4 is 18.8 Å². The maximum absolute atomic E-state index is 2.85. The highest BCUT2D eigenvalue weighted by molar-refractivity contribution is 6.80. The zero-order valence-electron chi connectivity index (χ0n) is 23.5. The van der Waals surface area contributed by atoms with Crippen LogP contribution in [0.3, 0.4) is 0 Å². The first kappa shape index (κ1) is 24.3. The molecule has 0 heterocycles. The molecule has 0 saturated heterocycles. The summed E-state index contributed by atoms with van der Waals surface area (Å²) in [6, 6.07) is 16.5. The molecule has 4 aliphatic rings. The van der Waals surface area contributed by atoms with Gasteiger partial charge in [-0.05, 0) is 106 Å². The summed E-state index contributed by atoms with van der Waals surface area (Å²) in [6.45, 7) is 18.8. The van der Waals surface area contributed by atoms with Gasteiger partial charge in [0.1, 0.15) is 0 Å². The van der Waals surface area contributed by atoms with Crippen LogP contribution in [0.4, 0.5) is 0 Å². The molecule has 0 aliphatic heterocycles. The molecule has 11 unspecified atom stereocenters. The van der Waals surface area contributed by atoms with Crippen molar-refractivity contribution in [3.05, 3.63) is 48.0 Å². The molecule has 0 N–H and O–H groups in total. The molecule has 0 aromatic heterocycles. The van der Waals surface area contributed by atoms with Crippen molar-refractivity contribution in [2.45, 2.75) is 96.8 Å². The maximum atomic E-state index is 2.85. The van der Waals surface area contributed by atoms with Gasteiger partial charge in [0.2, 0.25) is 0 Å². The van der Waals surface area contributed by atoms with Crippen LogP contribution in [0.1, 0.15) is 78.2 Å². The van der Waals surface area contributed by atoms with Crippen molar-refractivity contribution in [1.82, 2.24) is 0 Å². The highest BCUT2D eigenvalue weighted by Gasteiger charge is 2.61. The Balaban J connectivity index is 1.41. The van der Waals surface area contributed by atoms with E-state index in [1.807, 2.05) is 0 Å². The molecule has 0 bridgehead atoms. The highest BCUT2D eigenvalue weighted by Crippen LogP contribution is 2.68. The zero-order valence-corrected chi connectivity index (χ0v) is 24.5. The minimum Gasteiger partial charge on any atom is -0.0689 e. The third-order valence-corrected chi connectivity index (χ3v) is 18.5. The van der Waals surface area contributed by atoms with Crippen LogP contribution in [0.15, 0.2) is 42.5 Å². The number of rotatable bonds is 3. The summed E-state index contributed by atoms with van der Waals surface area (Å²) in [4.78, 5) is 0. The lowest BCUT2D eigenvalue weighted by Crippen LogP contribution is -2.47. The quantitative estimate of drug-likeness (QED) is 0.378. The minimum atomic E-state index is -1.45. The van der Waals surface area contributed by atoms with Gasteiger partial charge in [-0.15, -0.1) is 0 Å². The lowest BCUT2D eigenvalue weighted by Gasteiger charge is -2.50. The largest absolute Gasteiger partial charge is 0.0689 e. The maximum Gasteiger partial charge on any atom is 0.0546 e. The van der Waals surface area contributed by atoms with E-state index >= 15 is 0 Å². The molecule has 35 heavy (non-hydrogen) atoms. The van der Waals surface area contributed by atoms with E-state index in [4.69, 9.17) is 0 Å². The van der Waals surface area contributed by atoms with Gasteiger partial charge in [0.05, 0.1) is 8.07 Å². The average Bonchev–Trinajstić information content (AvgIpc) is 3.49. The molecule has 11 atom stereocenters. The third-order valence-electron chi connectivity index (χ3n) is 13.0. The molecule has 4 aliphatic carbocycles. The fourth-order valence-electron chi connectivity index (χ4n) is 11.6. The first-order chi connectivity index (χ1) is 16.7. The van der Waals surface area contributed by atoms with Gasteiger partial charge >= 0.3 is 0 Å². The second kappa shape index (κ2) is 8.75. The van der Waals surface area contributed by atoms with E-state index in [1.165, 1.54) is 31.1 Å². The van der Waals surface area contributed by atoms with E-state index in [9.17, 15) is 0 Å². The molecule has 190 valence electrons. The molecule has 2 aromatic carbocycles. The predicted octanol–water partition coefficient (Wildman–Crippen LogP) is 10.0. The number of fused-ring (bicyclic) bond motifs is 3. The first-order valence-corrected chi connectivity index (χ1v) is 18.3. The number of hydrogen-bond donors (Lipinski definition) is 0. The van der Waals surface area contributed by atoms with Crippen LogP contribution in [-0.4, -0.2) is 8.07 Å². The Bertz CT molecular complexity index is 1050. The lowest BCUT2D eigenvalue weighted by molar-refractivity contribution is 0.121. The van der Waals surface area contributed by atoms with E-state index in [0.29, 0.717) is 0 Å². The van der Waals surface area contributed by atoms with Crippen molar-refractivity contribution < 1.29 is 0 Å². The third kappa shape index (κ3) is 3.57. The SMILES string of the molecule is CC1CC2C(CC3CCCC3C2c2cccc3ccccc23)C1[Si](C)(C)C1C(C)C(C)C(C)C1C. The zero-order chi connectivity index (χ0) is 24.6. The molecule has 4 fully saturated rings. The molecule has 0 spiro atoms. The molecule has 2 aromatic rings. The molecule has 0 radical (unpaired) electrons. The summed E-state index contributed by atoms with van der Waals surface area (Å²) < 4.78 is 0. The Morgan fingerprint density at radius 1 is 0.657 bits per heavy atom. The number of hydrogen-bond acceptors (Lipinski definition) is 0. The molecule has 1 heteroatoms. The van der Waals surface area contributed by atoms with Gasteiger partial charge < -0.3 is 0 Å². The second-order valence-electron chi connectivity index (χ2n) is 14.5. The van der Waals surface area contributed by atoms with Gasteiger partial charge in [-0.3, -0.25) is 0 Å². The van der Waals surface area contributed by atoms with Crippen molar-refractivity contribution in [3.8, 4) is 0 Å². The summed E-state index contributed by atoms with van der Waals surface area (Å²) in [5.41, 5.74) is 3.72. The van der Waals surface area contributed by atoms with Crippen molar-refractivity contribution in [2.24, 2.45) is 53.3 Å². The smallest absolute Gasteiger partial charge is 0.0546 e. The van der Waals surface area contributed by atoms with Gasteiger partial charge in [0, 0.05) is 0 Å². The van der Waals surface area contributed by atoms with Crippen molar-refractivity contribution in [2.75, 3.05) is 0 Å². The Labute approximate surface area is 216 Å². The van der Waals surface area contributed by atoms with Crippen LogP contribution in [0.5, 0.6) is 0 Å². The summed E-state index contributed by atoms with van der Waals surface area (Å²) in [5.74, 6) is 9.10. The topological polar surface area (TPSA) is 0 Å². The van der Waals surface area contributed by atoms with E-state index in [0.717, 1.165) is 70.3 Å². The van der Waals surface area contributed by atoms with E-state index in [2.05, 4.69) is 90.2 Å². The molecule has 4 saturated carbocycles. The minimum absolute atomic E-state index is 0.792. The highest BCUT2D eigenvalue weighted by atomic mass is 28.3. The Morgan fingerprint density at radius 3 is 2.09 bits per heavy atom. The second-order valence-corrected chi connectivity index (χ2v) is 19.5. The van der Waals surface area contributed by atoms with Gasteiger partial charge in [0.25, 0.3) is 0 Å². The first-order valence-electron chi connectivity index (χ1n) is 15.2. The normalized spacial score (nSPS) is 45.6. The average molecular weight is 487 g/mol. The van der Waals surface area contributed by atoms with Crippen LogP contribution < -0.4 is 0 Å². The summed E-state index contributed by atoms with van der Waals surface area (Å²) in [6.07, 6.45) is 7.50. The van der Waals surface area contributed by atoms with Crippen molar-refractivity contribution in [1.29, 1.82) is 0 Å². The molecule has 0 amide bonds. The van der Waals surface area contributed by atoms with Crippen LogP contribution in [0.2, 0.25) is 24.2 Å². The summed E-state index contributed by atoms with van der Waals surface area (Å²) >= 11 is 0.